The number of rotatable bonds is 5. The van der Waals surface area contributed by atoms with E-state index in [9.17, 15) is 9.18 Å². The minimum Gasteiger partial charge on any atom is -0.339 e. The van der Waals surface area contributed by atoms with Crippen LogP contribution in [0.3, 0.4) is 0 Å². The average molecular weight is 367 g/mol. The van der Waals surface area contributed by atoms with Crippen molar-refractivity contribution in [3.05, 3.63) is 65.8 Å². The first-order valence-electron chi connectivity index (χ1n) is 8.80. The van der Waals surface area contributed by atoms with E-state index in [4.69, 9.17) is 4.52 Å². The lowest BCUT2D eigenvalue weighted by molar-refractivity contribution is -0.116. The Labute approximate surface area is 157 Å². The van der Waals surface area contributed by atoms with Crippen LogP contribution in [-0.4, -0.2) is 16.0 Å². The Morgan fingerprint density at radius 1 is 1.07 bits per heavy atom. The summed E-state index contributed by atoms with van der Waals surface area (Å²) in [6.45, 7) is 6.47. The zero-order chi connectivity index (χ0) is 19.4. The molecular formula is C21H22FN3O2. The lowest BCUT2D eigenvalue weighted by atomic mass is 9.87. The van der Waals surface area contributed by atoms with Crippen LogP contribution < -0.4 is 5.32 Å². The van der Waals surface area contributed by atoms with Gasteiger partial charge < -0.3 is 9.84 Å². The minimum absolute atomic E-state index is 0.0822. The summed E-state index contributed by atoms with van der Waals surface area (Å²) in [6.07, 6.45) is 0.530. The zero-order valence-corrected chi connectivity index (χ0v) is 15.6. The number of benzene rings is 2. The maximum atomic E-state index is 12.9. The van der Waals surface area contributed by atoms with Crippen molar-refractivity contribution in [1.82, 2.24) is 10.1 Å². The molecule has 0 radical (unpaired) electrons. The predicted molar refractivity (Wildman–Crippen MR) is 102 cm³/mol. The largest absolute Gasteiger partial charge is 0.339 e. The fraction of sp³-hybridized carbons (Fsp3) is 0.286. The zero-order valence-electron chi connectivity index (χ0n) is 15.6. The van der Waals surface area contributed by atoms with Gasteiger partial charge >= 0.3 is 0 Å². The first-order chi connectivity index (χ1) is 12.8. The fourth-order valence-corrected chi connectivity index (χ4v) is 2.57. The van der Waals surface area contributed by atoms with E-state index in [2.05, 4.69) is 48.4 Å². The third-order valence-corrected chi connectivity index (χ3v) is 4.17. The second-order valence-corrected chi connectivity index (χ2v) is 7.39. The van der Waals surface area contributed by atoms with E-state index in [-0.39, 0.29) is 23.6 Å². The van der Waals surface area contributed by atoms with Crippen LogP contribution in [0, 0.1) is 5.82 Å². The smallest absolute Gasteiger partial charge is 0.227 e. The number of carbonyl (C=O) groups is 1. The number of aromatic nitrogens is 2. The van der Waals surface area contributed by atoms with Crippen molar-refractivity contribution in [2.24, 2.45) is 0 Å². The van der Waals surface area contributed by atoms with E-state index >= 15 is 0 Å². The molecule has 27 heavy (non-hydrogen) atoms. The Morgan fingerprint density at radius 3 is 2.37 bits per heavy atom. The molecule has 5 nitrogen and oxygen atoms in total. The van der Waals surface area contributed by atoms with Gasteiger partial charge in [-0.3, -0.25) is 4.79 Å². The van der Waals surface area contributed by atoms with Crippen LogP contribution in [0.5, 0.6) is 0 Å². The van der Waals surface area contributed by atoms with Crippen LogP contribution in [0.25, 0.3) is 11.4 Å². The summed E-state index contributed by atoms with van der Waals surface area (Å²) in [5, 5.41) is 6.69. The number of aryl methyl sites for hydroxylation is 1. The molecule has 6 heteroatoms. The van der Waals surface area contributed by atoms with Gasteiger partial charge in [-0.15, -0.1) is 0 Å². The summed E-state index contributed by atoms with van der Waals surface area (Å²) in [7, 11) is 0. The minimum atomic E-state index is -0.345. The van der Waals surface area contributed by atoms with Gasteiger partial charge in [0, 0.05) is 24.1 Å². The molecular weight excluding hydrogens is 345 g/mol. The van der Waals surface area contributed by atoms with Gasteiger partial charge in [0.1, 0.15) is 5.82 Å². The summed E-state index contributed by atoms with van der Waals surface area (Å²) in [5.41, 5.74) is 2.73. The predicted octanol–water partition coefficient (Wildman–Crippen LogP) is 4.74. The fourth-order valence-electron chi connectivity index (χ4n) is 2.57. The van der Waals surface area contributed by atoms with Gasteiger partial charge in [-0.25, -0.2) is 4.39 Å². The van der Waals surface area contributed by atoms with Crippen LogP contribution in [-0.2, 0) is 16.6 Å². The molecule has 1 aromatic heterocycles. The molecule has 0 aliphatic heterocycles. The maximum Gasteiger partial charge on any atom is 0.227 e. The highest BCUT2D eigenvalue weighted by atomic mass is 19.1. The normalized spacial score (nSPS) is 11.4. The molecule has 0 aliphatic carbocycles. The molecule has 1 amide bonds. The average Bonchev–Trinajstić information content (AvgIpc) is 3.10. The van der Waals surface area contributed by atoms with Gasteiger partial charge in [-0.05, 0) is 35.2 Å². The van der Waals surface area contributed by atoms with Crippen LogP contribution in [0.2, 0.25) is 0 Å². The molecule has 0 fully saturated rings. The number of carbonyl (C=O) groups excluding carboxylic acids is 1. The first kappa shape index (κ1) is 18.8. The highest BCUT2D eigenvalue weighted by molar-refractivity contribution is 5.90. The van der Waals surface area contributed by atoms with Crippen molar-refractivity contribution >= 4 is 11.6 Å². The Balaban J connectivity index is 1.57. The molecule has 140 valence electrons. The van der Waals surface area contributed by atoms with Gasteiger partial charge in [0.2, 0.25) is 17.6 Å². The molecule has 0 unspecified atom stereocenters. The Kier molecular flexibility index (Phi) is 5.35. The third kappa shape index (κ3) is 5.00. The number of hydrogen-bond donors (Lipinski definition) is 1. The van der Waals surface area contributed by atoms with E-state index in [1.54, 1.807) is 0 Å². The molecule has 0 saturated carbocycles. The standard InChI is InChI=1S/C21H22FN3O2/c1-21(2,3)15-6-4-14(5-7-15)20-24-19(27-25-20)13-12-18(26)23-17-10-8-16(22)9-11-17/h4-11H,12-13H2,1-3H3,(H,23,26). The van der Waals surface area contributed by atoms with E-state index in [0.717, 1.165) is 5.56 Å². The van der Waals surface area contributed by atoms with Crippen molar-refractivity contribution in [1.29, 1.82) is 0 Å². The molecule has 0 saturated heterocycles. The number of nitrogens with zero attached hydrogens (tertiary/aromatic N) is 2. The molecule has 3 aromatic rings. The first-order valence-corrected chi connectivity index (χ1v) is 8.80. The van der Waals surface area contributed by atoms with Crippen molar-refractivity contribution in [3.8, 4) is 11.4 Å². The van der Waals surface area contributed by atoms with Gasteiger partial charge in [-0.1, -0.05) is 50.2 Å². The van der Waals surface area contributed by atoms with Gasteiger partial charge in [-0.2, -0.15) is 4.98 Å². The molecule has 1 heterocycles. The molecule has 2 aromatic carbocycles. The van der Waals surface area contributed by atoms with Gasteiger partial charge in [0.25, 0.3) is 0 Å². The van der Waals surface area contributed by atoms with E-state index in [1.165, 1.54) is 29.8 Å². The maximum absolute atomic E-state index is 12.9. The Morgan fingerprint density at radius 2 is 1.74 bits per heavy atom. The summed E-state index contributed by atoms with van der Waals surface area (Å²) < 4.78 is 18.1. The Hall–Kier alpha value is -3.02. The summed E-state index contributed by atoms with van der Waals surface area (Å²) in [5.74, 6) is 0.362. The van der Waals surface area contributed by atoms with Crippen LogP contribution in [0.1, 0.15) is 38.6 Å². The monoisotopic (exact) mass is 367 g/mol. The van der Waals surface area contributed by atoms with Crippen LogP contribution in [0.4, 0.5) is 10.1 Å². The highest BCUT2D eigenvalue weighted by Crippen LogP contribution is 2.25. The number of halogens is 1. The quantitative estimate of drug-likeness (QED) is 0.707. The molecule has 0 aliphatic rings. The van der Waals surface area contributed by atoms with Crippen LogP contribution in [0.15, 0.2) is 53.1 Å². The number of amides is 1. The third-order valence-electron chi connectivity index (χ3n) is 4.17. The van der Waals surface area contributed by atoms with Crippen LogP contribution >= 0.6 is 0 Å². The van der Waals surface area contributed by atoms with Gasteiger partial charge in [0.05, 0.1) is 0 Å². The summed E-state index contributed by atoms with van der Waals surface area (Å²) in [6, 6.07) is 13.7. The lowest BCUT2D eigenvalue weighted by Gasteiger charge is -2.18. The van der Waals surface area contributed by atoms with Crippen molar-refractivity contribution < 1.29 is 13.7 Å². The van der Waals surface area contributed by atoms with Crippen molar-refractivity contribution in [2.45, 2.75) is 39.0 Å². The summed E-state index contributed by atoms with van der Waals surface area (Å²) in [4.78, 5) is 16.3. The molecule has 1 N–H and O–H groups in total. The molecule has 3 rings (SSSR count). The lowest BCUT2D eigenvalue weighted by Crippen LogP contribution is -2.12. The van der Waals surface area contributed by atoms with E-state index in [1.807, 2.05) is 12.1 Å². The van der Waals surface area contributed by atoms with Gasteiger partial charge in [0.15, 0.2) is 0 Å². The number of hydrogen-bond acceptors (Lipinski definition) is 4. The van der Waals surface area contributed by atoms with Crippen molar-refractivity contribution in [2.75, 3.05) is 5.32 Å². The second kappa shape index (κ2) is 7.70. The molecule has 0 spiro atoms. The highest BCUT2D eigenvalue weighted by Gasteiger charge is 2.15. The summed E-state index contributed by atoms with van der Waals surface area (Å²) >= 11 is 0. The number of nitrogens with one attached hydrogen (secondary N) is 1. The Bertz CT molecular complexity index is 910. The second-order valence-electron chi connectivity index (χ2n) is 7.39. The SMILES string of the molecule is CC(C)(C)c1ccc(-c2noc(CCC(=O)Nc3ccc(F)cc3)n2)cc1. The van der Waals surface area contributed by atoms with Crippen molar-refractivity contribution in [3.63, 3.8) is 0 Å². The van der Waals surface area contributed by atoms with E-state index in [0.29, 0.717) is 23.8 Å². The topological polar surface area (TPSA) is 68.0 Å². The molecule has 0 atom stereocenters. The van der Waals surface area contributed by atoms with E-state index < -0.39 is 0 Å². The molecule has 0 bridgehead atoms. The number of anilines is 1.